The number of anilines is 1. The number of carbonyl (C=O) groups is 1. The first kappa shape index (κ1) is 14.3. The van der Waals surface area contributed by atoms with Gasteiger partial charge in [-0.15, -0.1) is 22.6 Å². The summed E-state index contributed by atoms with van der Waals surface area (Å²) in [5, 5.41) is 12.0. The Morgan fingerprint density at radius 3 is 2.82 bits per heavy atom. The number of amides is 1. The van der Waals surface area contributed by atoms with Crippen LogP contribution in [0.15, 0.2) is 0 Å². The Labute approximate surface area is 111 Å². The van der Waals surface area contributed by atoms with E-state index in [9.17, 15) is 4.79 Å². The van der Waals surface area contributed by atoms with Crippen molar-refractivity contribution in [3.8, 4) is 0 Å². The first-order chi connectivity index (χ1) is 7.65. The molecule has 0 aromatic carbocycles. The molecule has 5 nitrogen and oxygen atoms in total. The molecule has 2 rings (SSSR count). The molecule has 0 aliphatic heterocycles. The number of carbonyl (C=O) groups excluding carboxylic acids is 1. The summed E-state index contributed by atoms with van der Waals surface area (Å²) in [6, 6.07) is 0.167. The average molecular weight is 277 g/mol. The highest BCUT2D eigenvalue weighted by molar-refractivity contribution is 7.15. The second-order valence-corrected chi connectivity index (χ2v) is 5.42. The van der Waals surface area contributed by atoms with Crippen molar-refractivity contribution < 1.29 is 4.79 Å². The van der Waals surface area contributed by atoms with Crippen LogP contribution in [0, 0.1) is 12.8 Å². The van der Waals surface area contributed by atoms with E-state index in [1.165, 1.54) is 11.3 Å². The van der Waals surface area contributed by atoms with Gasteiger partial charge in [-0.2, -0.15) is 0 Å². The molecule has 1 aliphatic carbocycles. The Kier molecular flexibility index (Phi) is 5.30. The fraction of sp³-hybridized carbons (Fsp3) is 0.700. The zero-order valence-electron chi connectivity index (χ0n) is 9.68. The lowest BCUT2D eigenvalue weighted by Crippen LogP contribution is -2.34. The lowest BCUT2D eigenvalue weighted by Gasteiger charge is -2.25. The topological polar surface area (TPSA) is 80.9 Å². The molecule has 0 spiro atoms. The van der Waals surface area contributed by atoms with Crippen LogP contribution in [0.3, 0.4) is 0 Å². The Morgan fingerprint density at radius 2 is 2.24 bits per heavy atom. The molecule has 1 saturated carbocycles. The van der Waals surface area contributed by atoms with E-state index in [2.05, 4.69) is 15.5 Å². The number of nitrogens with zero attached hydrogens (tertiary/aromatic N) is 2. The maximum absolute atomic E-state index is 11.9. The van der Waals surface area contributed by atoms with Gasteiger partial charge in [0.25, 0.3) is 0 Å². The van der Waals surface area contributed by atoms with E-state index in [1.54, 1.807) is 0 Å². The Hall–Kier alpha value is -0.720. The second kappa shape index (κ2) is 6.28. The molecule has 0 saturated heterocycles. The summed E-state index contributed by atoms with van der Waals surface area (Å²) in [5.41, 5.74) is 5.86. The summed E-state index contributed by atoms with van der Waals surface area (Å²) in [4.78, 5) is 11.9. The molecule has 2 unspecified atom stereocenters. The zero-order chi connectivity index (χ0) is 11.5. The van der Waals surface area contributed by atoms with E-state index in [0.29, 0.717) is 5.13 Å². The van der Waals surface area contributed by atoms with Gasteiger partial charge in [-0.25, -0.2) is 0 Å². The van der Waals surface area contributed by atoms with Gasteiger partial charge >= 0.3 is 0 Å². The third-order valence-electron chi connectivity index (χ3n) is 2.84. The monoisotopic (exact) mass is 276 g/mol. The number of halogens is 1. The van der Waals surface area contributed by atoms with Crippen LogP contribution >= 0.6 is 23.7 Å². The van der Waals surface area contributed by atoms with Crippen LogP contribution < -0.4 is 11.1 Å². The second-order valence-electron chi connectivity index (χ2n) is 4.24. The Bertz CT molecular complexity index is 384. The minimum Gasteiger partial charge on any atom is -0.328 e. The summed E-state index contributed by atoms with van der Waals surface area (Å²) in [5.74, 6) is 0.0688. The van der Waals surface area contributed by atoms with E-state index >= 15 is 0 Å². The van der Waals surface area contributed by atoms with Crippen molar-refractivity contribution in [3.63, 3.8) is 0 Å². The van der Waals surface area contributed by atoms with Crippen LogP contribution in [0.5, 0.6) is 0 Å². The van der Waals surface area contributed by atoms with Crippen LogP contribution in [0.1, 0.15) is 30.7 Å². The molecule has 1 aliphatic rings. The summed E-state index contributed by atoms with van der Waals surface area (Å²) >= 11 is 1.40. The van der Waals surface area contributed by atoms with Crippen molar-refractivity contribution in [1.82, 2.24) is 10.2 Å². The van der Waals surface area contributed by atoms with Gasteiger partial charge < -0.3 is 11.1 Å². The van der Waals surface area contributed by atoms with Gasteiger partial charge in [0.15, 0.2) is 0 Å². The summed E-state index contributed by atoms with van der Waals surface area (Å²) in [6.07, 6.45) is 3.77. The van der Waals surface area contributed by atoms with Crippen molar-refractivity contribution in [2.24, 2.45) is 11.7 Å². The van der Waals surface area contributed by atoms with Crippen LogP contribution in [0.2, 0.25) is 0 Å². The quantitative estimate of drug-likeness (QED) is 0.862. The van der Waals surface area contributed by atoms with Gasteiger partial charge in [0, 0.05) is 12.0 Å². The van der Waals surface area contributed by atoms with E-state index in [-0.39, 0.29) is 30.3 Å². The van der Waals surface area contributed by atoms with Gasteiger partial charge in [-0.05, 0) is 26.2 Å². The number of rotatable bonds is 2. The average Bonchev–Trinajstić information content (AvgIpc) is 2.64. The van der Waals surface area contributed by atoms with Gasteiger partial charge in [0.05, 0.1) is 0 Å². The maximum Gasteiger partial charge on any atom is 0.229 e. The number of hydrogen-bond acceptors (Lipinski definition) is 5. The van der Waals surface area contributed by atoms with E-state index in [0.717, 1.165) is 30.7 Å². The third kappa shape index (κ3) is 3.90. The highest BCUT2D eigenvalue weighted by atomic mass is 35.5. The maximum atomic E-state index is 11.9. The molecule has 1 aromatic heterocycles. The van der Waals surface area contributed by atoms with Crippen molar-refractivity contribution in [2.75, 3.05) is 5.32 Å². The molecule has 1 fully saturated rings. The Balaban J connectivity index is 0.00000144. The van der Waals surface area contributed by atoms with Gasteiger partial charge in [-0.1, -0.05) is 17.8 Å². The van der Waals surface area contributed by atoms with Gasteiger partial charge in [0.1, 0.15) is 5.01 Å². The number of hydrogen-bond donors (Lipinski definition) is 2. The largest absolute Gasteiger partial charge is 0.328 e. The first-order valence-corrected chi connectivity index (χ1v) is 6.33. The predicted molar refractivity (Wildman–Crippen MR) is 70.5 cm³/mol. The molecule has 1 amide bonds. The molecule has 96 valence electrons. The van der Waals surface area contributed by atoms with Crippen LogP contribution in [-0.4, -0.2) is 22.1 Å². The molecule has 0 bridgehead atoms. The standard InChI is InChI=1S/C10H16N4OS.ClH/c1-6-13-14-10(16-6)12-9(15)7-3-2-4-8(11)5-7;/h7-8H,2-5,11H2,1H3,(H,12,14,15);1H. The van der Waals surface area contributed by atoms with E-state index in [4.69, 9.17) is 5.73 Å². The predicted octanol–water partition coefficient (Wildman–Crippen LogP) is 1.72. The smallest absolute Gasteiger partial charge is 0.229 e. The minimum absolute atomic E-state index is 0. The molecular weight excluding hydrogens is 260 g/mol. The zero-order valence-corrected chi connectivity index (χ0v) is 11.3. The molecule has 3 N–H and O–H groups in total. The van der Waals surface area contributed by atoms with Gasteiger partial charge in [-0.3, -0.25) is 4.79 Å². The first-order valence-electron chi connectivity index (χ1n) is 5.51. The molecule has 0 radical (unpaired) electrons. The molecule has 2 atom stereocenters. The number of nitrogens with two attached hydrogens (primary N) is 1. The van der Waals surface area contributed by atoms with Crippen molar-refractivity contribution in [3.05, 3.63) is 5.01 Å². The van der Waals surface area contributed by atoms with E-state index in [1.807, 2.05) is 6.92 Å². The SMILES string of the molecule is Cc1nnc(NC(=O)C2CCCC(N)C2)s1.Cl. The summed E-state index contributed by atoms with van der Waals surface area (Å²) in [6.45, 7) is 1.86. The number of aryl methyl sites for hydroxylation is 1. The fourth-order valence-corrected chi connectivity index (χ4v) is 2.61. The highest BCUT2D eigenvalue weighted by Crippen LogP contribution is 2.25. The summed E-state index contributed by atoms with van der Waals surface area (Å²) < 4.78 is 0. The Morgan fingerprint density at radius 1 is 1.47 bits per heavy atom. The lowest BCUT2D eigenvalue weighted by molar-refractivity contribution is -0.120. The van der Waals surface area contributed by atoms with Gasteiger partial charge in [0.2, 0.25) is 11.0 Å². The normalized spacial score (nSPS) is 23.9. The fourth-order valence-electron chi connectivity index (χ4n) is 2.02. The molecule has 1 aromatic rings. The lowest BCUT2D eigenvalue weighted by atomic mass is 9.86. The van der Waals surface area contributed by atoms with Crippen molar-refractivity contribution in [2.45, 2.75) is 38.6 Å². The number of aromatic nitrogens is 2. The van der Waals surface area contributed by atoms with Crippen LogP contribution in [0.4, 0.5) is 5.13 Å². The van der Waals surface area contributed by atoms with Crippen molar-refractivity contribution in [1.29, 1.82) is 0 Å². The molecular formula is C10H17ClN4OS. The highest BCUT2D eigenvalue weighted by Gasteiger charge is 2.25. The van der Waals surface area contributed by atoms with E-state index < -0.39 is 0 Å². The van der Waals surface area contributed by atoms with Crippen LogP contribution in [0.25, 0.3) is 0 Å². The minimum atomic E-state index is 0. The summed E-state index contributed by atoms with van der Waals surface area (Å²) in [7, 11) is 0. The molecule has 7 heteroatoms. The van der Waals surface area contributed by atoms with Crippen LogP contribution in [-0.2, 0) is 4.79 Å². The molecule has 17 heavy (non-hydrogen) atoms. The number of nitrogens with one attached hydrogen (secondary N) is 1. The third-order valence-corrected chi connectivity index (χ3v) is 3.60. The van der Waals surface area contributed by atoms with Crippen molar-refractivity contribution >= 4 is 34.8 Å². The molecule has 1 heterocycles.